The van der Waals surface area contributed by atoms with Crippen molar-refractivity contribution in [3.05, 3.63) is 255 Å². The Morgan fingerprint density at radius 2 is 0.712 bits per heavy atom. The first-order chi connectivity index (χ1) is 36.2. The summed E-state index contributed by atoms with van der Waals surface area (Å²) in [5, 5.41) is 9.51. The number of fused-ring (bicyclic) bond motifs is 11. The van der Waals surface area contributed by atoms with Gasteiger partial charge in [-0.1, -0.05) is 194 Å². The van der Waals surface area contributed by atoms with E-state index in [-0.39, 0.29) is 0 Å². The highest BCUT2D eigenvalue weighted by Crippen LogP contribution is 2.35. The lowest BCUT2D eigenvalue weighted by atomic mass is 10.2. The summed E-state index contributed by atoms with van der Waals surface area (Å²) in [5.74, 6) is 2.55. The number of benzene rings is 10. The van der Waals surface area contributed by atoms with Crippen LogP contribution < -0.4 is 20.7 Å². The summed E-state index contributed by atoms with van der Waals surface area (Å²) in [6.07, 6.45) is 0. The number of para-hydroxylation sites is 8. The first-order valence-corrected chi connectivity index (χ1v) is 26.7. The molecule has 342 valence electrons. The van der Waals surface area contributed by atoms with Crippen LogP contribution in [0.15, 0.2) is 255 Å². The molecule has 15 rings (SSSR count). The van der Waals surface area contributed by atoms with Crippen molar-refractivity contribution in [2.24, 2.45) is 0 Å². The molecule has 0 spiro atoms. The highest BCUT2D eigenvalue weighted by molar-refractivity contribution is 7.20. The molecule has 15 aromatic rings. The van der Waals surface area contributed by atoms with E-state index in [1.54, 1.807) is 0 Å². The molecule has 0 aliphatic heterocycles. The minimum atomic E-state index is -3.18. The number of aromatic nitrogens is 8. The Bertz CT molecular complexity index is 4370. The Morgan fingerprint density at radius 1 is 0.288 bits per heavy atom. The van der Waals surface area contributed by atoms with Crippen LogP contribution in [0, 0.1) is 0 Å². The molecule has 73 heavy (non-hydrogen) atoms. The van der Waals surface area contributed by atoms with Gasteiger partial charge in [-0.2, -0.15) is 15.0 Å². The zero-order valence-corrected chi connectivity index (χ0v) is 40.3. The van der Waals surface area contributed by atoms with Gasteiger partial charge in [0.1, 0.15) is 0 Å². The van der Waals surface area contributed by atoms with Crippen molar-refractivity contribution in [2.45, 2.75) is 0 Å². The maximum absolute atomic E-state index is 5.51. The molecular weight excluding hydrogens is 909 g/mol. The highest BCUT2D eigenvalue weighted by atomic mass is 28.3. The molecule has 0 atom stereocenters. The fourth-order valence-electron chi connectivity index (χ4n) is 11.7. The fourth-order valence-corrected chi connectivity index (χ4v) is 16.5. The Kier molecular flexibility index (Phi) is 9.11. The predicted molar refractivity (Wildman–Crippen MR) is 301 cm³/mol. The van der Waals surface area contributed by atoms with Crippen LogP contribution in [0.5, 0.6) is 0 Å². The number of rotatable bonds is 8. The van der Waals surface area contributed by atoms with Crippen molar-refractivity contribution >= 4 is 100 Å². The molecule has 0 aliphatic rings. The second-order valence-corrected chi connectivity index (χ2v) is 22.5. The largest absolute Gasteiger partial charge is 0.278 e. The Labute approximate surface area is 420 Å². The highest BCUT2D eigenvalue weighted by Gasteiger charge is 2.42. The Balaban J connectivity index is 1.00. The zero-order valence-electron chi connectivity index (χ0n) is 39.3. The number of hydrogen-bond donors (Lipinski definition) is 0. The van der Waals surface area contributed by atoms with Crippen molar-refractivity contribution in [3.63, 3.8) is 0 Å². The lowest BCUT2D eigenvalue weighted by Gasteiger charge is -2.35. The van der Waals surface area contributed by atoms with E-state index in [2.05, 4.69) is 273 Å². The standard InChI is InChI=1S/C64H42N8Si/c1-3-23-45(24-4-1)73(46-25-5-2-6-26-46,48-28-20-22-44(42-48)69-59-39-17-18-40-60(59)72-58-38-16-11-33-53(58)65-64(69)72)47-27-19-21-43(41-47)61-66-62(70-54-34-12-7-29-49(54)50-30-8-13-35-55(50)70)68-63(67-61)71-56-36-14-9-31-51(56)52-32-10-15-37-57(52)71/h1-42H. The summed E-state index contributed by atoms with van der Waals surface area (Å²) in [6, 6.07) is 91.4. The number of imidazole rings is 2. The zero-order chi connectivity index (χ0) is 48.0. The van der Waals surface area contributed by atoms with Crippen LogP contribution in [0.25, 0.3) is 100 Å². The Hall–Kier alpha value is -9.70. The SMILES string of the molecule is c1ccc([Si](c2ccccc2)(c2cccc(-c3nc(-n4c5ccccc5c5ccccc54)nc(-n4c5ccccc5c5ccccc54)n3)c2)c2cccc(-n3c4ccccc4n4c5ccccc5nc34)c2)cc1. The molecule has 0 saturated heterocycles. The third-order valence-corrected chi connectivity index (χ3v) is 19.5. The van der Waals surface area contributed by atoms with Gasteiger partial charge in [0.25, 0.3) is 0 Å². The molecule has 0 saturated carbocycles. The van der Waals surface area contributed by atoms with Gasteiger partial charge in [-0.3, -0.25) is 18.1 Å². The van der Waals surface area contributed by atoms with E-state index < -0.39 is 8.07 Å². The van der Waals surface area contributed by atoms with Crippen molar-refractivity contribution < 1.29 is 0 Å². The number of nitrogens with zero attached hydrogens (tertiary/aromatic N) is 8. The fraction of sp³-hybridized carbons (Fsp3) is 0. The molecular formula is C64H42N8Si. The molecule has 9 heteroatoms. The van der Waals surface area contributed by atoms with E-state index >= 15 is 0 Å². The first-order valence-electron chi connectivity index (χ1n) is 24.7. The monoisotopic (exact) mass is 950 g/mol. The quantitative estimate of drug-likeness (QED) is 0.112. The molecule has 10 aromatic carbocycles. The normalized spacial score (nSPS) is 12.1. The van der Waals surface area contributed by atoms with Gasteiger partial charge in [0, 0.05) is 32.8 Å². The van der Waals surface area contributed by atoms with Gasteiger partial charge in [-0.05, 0) is 81.4 Å². The summed E-state index contributed by atoms with van der Waals surface area (Å²) < 4.78 is 9.00. The molecule has 0 N–H and O–H groups in total. The van der Waals surface area contributed by atoms with Crippen LogP contribution in [0.3, 0.4) is 0 Å². The van der Waals surface area contributed by atoms with Gasteiger partial charge in [-0.25, -0.2) is 4.98 Å². The summed E-state index contributed by atoms with van der Waals surface area (Å²) >= 11 is 0. The Morgan fingerprint density at radius 3 is 1.26 bits per heavy atom. The molecule has 0 fully saturated rings. The summed E-state index contributed by atoms with van der Waals surface area (Å²) in [7, 11) is -3.18. The van der Waals surface area contributed by atoms with Crippen LogP contribution in [0.1, 0.15) is 0 Å². The maximum atomic E-state index is 5.51. The maximum Gasteiger partial charge on any atom is 0.240 e. The molecule has 0 bridgehead atoms. The van der Waals surface area contributed by atoms with Gasteiger partial charge >= 0.3 is 0 Å². The summed E-state index contributed by atoms with van der Waals surface area (Å²) in [6.45, 7) is 0. The minimum absolute atomic E-state index is 0.545. The summed E-state index contributed by atoms with van der Waals surface area (Å²) in [5.41, 5.74) is 10.3. The molecule has 0 aliphatic carbocycles. The third kappa shape index (κ3) is 6.13. The van der Waals surface area contributed by atoms with Crippen LogP contribution in [0.2, 0.25) is 0 Å². The van der Waals surface area contributed by atoms with Crippen LogP contribution in [-0.2, 0) is 0 Å². The van der Waals surface area contributed by atoms with Crippen LogP contribution >= 0.6 is 0 Å². The minimum Gasteiger partial charge on any atom is -0.278 e. The molecule has 5 aromatic heterocycles. The van der Waals surface area contributed by atoms with Crippen LogP contribution in [-0.4, -0.2) is 46.1 Å². The van der Waals surface area contributed by atoms with E-state index in [0.29, 0.717) is 17.7 Å². The van der Waals surface area contributed by atoms with Gasteiger partial charge in [0.15, 0.2) is 13.9 Å². The summed E-state index contributed by atoms with van der Waals surface area (Å²) in [4.78, 5) is 21.7. The van der Waals surface area contributed by atoms with Gasteiger partial charge in [0.05, 0.1) is 44.1 Å². The lowest BCUT2D eigenvalue weighted by Crippen LogP contribution is -2.74. The molecule has 0 unspecified atom stereocenters. The van der Waals surface area contributed by atoms with Crippen molar-refractivity contribution in [3.8, 4) is 29.0 Å². The third-order valence-electron chi connectivity index (χ3n) is 14.8. The van der Waals surface area contributed by atoms with Crippen LogP contribution in [0.4, 0.5) is 0 Å². The molecule has 5 heterocycles. The van der Waals surface area contributed by atoms with Gasteiger partial charge in [0.2, 0.25) is 17.7 Å². The van der Waals surface area contributed by atoms with Crippen molar-refractivity contribution in [1.82, 2.24) is 38.0 Å². The van der Waals surface area contributed by atoms with E-state index in [9.17, 15) is 0 Å². The van der Waals surface area contributed by atoms with E-state index in [4.69, 9.17) is 19.9 Å². The molecule has 8 nitrogen and oxygen atoms in total. The molecule has 0 amide bonds. The average molecular weight is 951 g/mol. The molecule has 0 radical (unpaired) electrons. The second kappa shape index (κ2) is 16.2. The van der Waals surface area contributed by atoms with E-state index in [1.165, 1.54) is 20.7 Å². The smallest absolute Gasteiger partial charge is 0.240 e. The van der Waals surface area contributed by atoms with Crippen molar-refractivity contribution in [1.29, 1.82) is 0 Å². The predicted octanol–water partition coefficient (Wildman–Crippen LogP) is 11.9. The van der Waals surface area contributed by atoms with E-state index in [0.717, 1.165) is 82.7 Å². The topological polar surface area (TPSA) is 70.8 Å². The lowest BCUT2D eigenvalue weighted by molar-refractivity contribution is 0.893. The second-order valence-electron chi connectivity index (χ2n) is 18.7. The van der Waals surface area contributed by atoms with Gasteiger partial charge in [-0.15, -0.1) is 0 Å². The van der Waals surface area contributed by atoms with Crippen molar-refractivity contribution in [2.75, 3.05) is 0 Å². The number of hydrogen-bond acceptors (Lipinski definition) is 4. The van der Waals surface area contributed by atoms with Gasteiger partial charge < -0.3 is 0 Å². The average Bonchev–Trinajstić information content (AvgIpc) is 4.20. The van der Waals surface area contributed by atoms with E-state index in [1.807, 2.05) is 0 Å². The first kappa shape index (κ1) is 41.1.